The van der Waals surface area contributed by atoms with Crippen molar-refractivity contribution in [3.05, 3.63) is 65.5 Å². The number of hydrogen-bond acceptors (Lipinski definition) is 5. The summed E-state index contributed by atoms with van der Waals surface area (Å²) in [4.78, 5) is 31.4. The Morgan fingerprint density at radius 1 is 1.10 bits per heavy atom. The van der Waals surface area contributed by atoms with Crippen LogP contribution in [0, 0.1) is 0 Å². The summed E-state index contributed by atoms with van der Waals surface area (Å²) in [5.74, 6) is -0.729. The van der Waals surface area contributed by atoms with Crippen LogP contribution in [-0.2, 0) is 9.59 Å². The first kappa shape index (κ1) is 21.6. The van der Waals surface area contributed by atoms with Crippen LogP contribution >= 0.6 is 0 Å². The molecule has 30 heavy (non-hydrogen) atoms. The largest absolute Gasteiger partial charge is 0.507 e. The summed E-state index contributed by atoms with van der Waals surface area (Å²) in [5, 5.41) is 11.0. The van der Waals surface area contributed by atoms with Gasteiger partial charge in [0, 0.05) is 24.5 Å². The summed E-state index contributed by atoms with van der Waals surface area (Å²) in [6.07, 6.45) is 6.94. The normalized spacial score (nSPS) is 18.1. The Morgan fingerprint density at radius 3 is 2.50 bits per heavy atom. The maximum Gasteiger partial charge on any atom is 0.295 e. The van der Waals surface area contributed by atoms with Gasteiger partial charge >= 0.3 is 0 Å². The van der Waals surface area contributed by atoms with E-state index in [0.29, 0.717) is 30.0 Å². The van der Waals surface area contributed by atoms with E-state index in [4.69, 9.17) is 4.74 Å². The molecule has 1 fully saturated rings. The van der Waals surface area contributed by atoms with Crippen molar-refractivity contribution in [2.75, 3.05) is 13.2 Å². The van der Waals surface area contributed by atoms with E-state index in [9.17, 15) is 14.7 Å². The second-order valence-corrected chi connectivity index (χ2v) is 7.36. The highest BCUT2D eigenvalue weighted by molar-refractivity contribution is 6.46. The second kappa shape index (κ2) is 10.1. The van der Waals surface area contributed by atoms with Gasteiger partial charge in [0.25, 0.3) is 11.7 Å². The molecule has 1 unspecified atom stereocenters. The number of rotatable bonds is 9. The number of hydrogen-bond donors (Lipinski definition) is 1. The van der Waals surface area contributed by atoms with Crippen LogP contribution in [0.5, 0.6) is 5.75 Å². The van der Waals surface area contributed by atoms with Crippen LogP contribution in [-0.4, -0.2) is 39.8 Å². The first-order valence-electron chi connectivity index (χ1n) is 10.5. The SMILES string of the molecule is CCCCCN1C(=O)C(=O)/C(=C(\O)c2ccc(OCCC)cc2)C1c1cccnc1. The standard InChI is InChI=1S/C24H28N2O4/c1-3-5-6-14-26-21(18-8-7-13-25-16-18)20(23(28)24(26)29)22(27)17-9-11-19(12-10-17)30-15-4-2/h7-13,16,21,27H,3-6,14-15H2,1-2H3/b22-20-. The van der Waals surface area contributed by atoms with Gasteiger partial charge in [0.1, 0.15) is 11.5 Å². The van der Waals surface area contributed by atoms with E-state index in [0.717, 1.165) is 25.7 Å². The number of carbonyl (C=O) groups is 2. The summed E-state index contributed by atoms with van der Waals surface area (Å²) in [5.41, 5.74) is 1.28. The number of ketones is 1. The molecule has 1 amide bonds. The summed E-state index contributed by atoms with van der Waals surface area (Å²) in [6.45, 7) is 5.17. The van der Waals surface area contributed by atoms with Crippen molar-refractivity contribution in [1.29, 1.82) is 0 Å². The number of likely N-dealkylation sites (tertiary alicyclic amines) is 1. The molecule has 1 aliphatic rings. The van der Waals surface area contributed by atoms with E-state index in [1.54, 1.807) is 47.6 Å². The summed E-state index contributed by atoms with van der Waals surface area (Å²) < 4.78 is 5.58. The smallest absolute Gasteiger partial charge is 0.295 e. The molecule has 0 radical (unpaired) electrons. The van der Waals surface area contributed by atoms with Crippen LogP contribution in [0.4, 0.5) is 0 Å². The zero-order valence-corrected chi connectivity index (χ0v) is 17.5. The molecule has 1 saturated heterocycles. The second-order valence-electron chi connectivity index (χ2n) is 7.36. The molecular formula is C24H28N2O4. The molecule has 3 rings (SSSR count). The molecule has 0 spiro atoms. The van der Waals surface area contributed by atoms with Crippen LogP contribution in [0.3, 0.4) is 0 Å². The highest BCUT2D eigenvalue weighted by atomic mass is 16.5. The fourth-order valence-electron chi connectivity index (χ4n) is 3.61. The van der Waals surface area contributed by atoms with Gasteiger partial charge in [-0.3, -0.25) is 14.6 Å². The van der Waals surface area contributed by atoms with E-state index in [1.807, 2.05) is 13.0 Å². The fraction of sp³-hybridized carbons (Fsp3) is 0.375. The van der Waals surface area contributed by atoms with Crippen molar-refractivity contribution in [2.45, 2.75) is 45.6 Å². The Kier molecular flexibility index (Phi) is 7.22. The summed E-state index contributed by atoms with van der Waals surface area (Å²) in [6, 6.07) is 9.84. The van der Waals surface area contributed by atoms with E-state index in [2.05, 4.69) is 11.9 Å². The van der Waals surface area contributed by atoms with Crippen LogP contribution < -0.4 is 4.74 Å². The lowest BCUT2D eigenvalue weighted by molar-refractivity contribution is -0.139. The molecule has 1 atom stereocenters. The number of aromatic nitrogens is 1. The van der Waals surface area contributed by atoms with Gasteiger partial charge in [-0.15, -0.1) is 0 Å². The Bertz CT molecular complexity index is 907. The van der Waals surface area contributed by atoms with Crippen molar-refractivity contribution in [3.63, 3.8) is 0 Å². The van der Waals surface area contributed by atoms with Crippen LogP contribution in [0.1, 0.15) is 56.7 Å². The lowest BCUT2D eigenvalue weighted by Crippen LogP contribution is -2.30. The maximum absolute atomic E-state index is 12.9. The first-order chi connectivity index (χ1) is 14.6. The van der Waals surface area contributed by atoms with Crippen molar-refractivity contribution in [1.82, 2.24) is 9.88 Å². The zero-order chi connectivity index (χ0) is 21.5. The third-order valence-corrected chi connectivity index (χ3v) is 5.14. The first-order valence-corrected chi connectivity index (χ1v) is 10.5. The van der Waals surface area contributed by atoms with Gasteiger partial charge < -0.3 is 14.7 Å². The molecule has 1 aromatic carbocycles. The van der Waals surface area contributed by atoms with Crippen molar-refractivity contribution >= 4 is 17.4 Å². The molecule has 158 valence electrons. The van der Waals surface area contributed by atoms with Crippen molar-refractivity contribution in [3.8, 4) is 5.75 Å². The number of unbranched alkanes of at least 4 members (excludes halogenated alkanes) is 2. The topological polar surface area (TPSA) is 79.7 Å². The molecule has 2 aromatic rings. The minimum atomic E-state index is -0.663. The van der Waals surface area contributed by atoms with Gasteiger partial charge in [0.2, 0.25) is 0 Å². The van der Waals surface area contributed by atoms with Crippen molar-refractivity contribution < 1.29 is 19.4 Å². The number of pyridine rings is 1. The van der Waals surface area contributed by atoms with Gasteiger partial charge in [0.15, 0.2) is 0 Å². The Balaban J connectivity index is 2.00. The molecule has 1 aliphatic heterocycles. The predicted molar refractivity (Wildman–Crippen MR) is 115 cm³/mol. The maximum atomic E-state index is 12.9. The number of amides is 1. The molecule has 6 nitrogen and oxygen atoms in total. The number of aliphatic hydroxyl groups is 1. The number of ether oxygens (including phenoxy) is 1. The van der Waals surface area contributed by atoms with Gasteiger partial charge in [-0.25, -0.2) is 0 Å². The van der Waals surface area contributed by atoms with Crippen LogP contribution in [0.25, 0.3) is 5.76 Å². The Morgan fingerprint density at radius 2 is 1.87 bits per heavy atom. The average Bonchev–Trinajstić information content (AvgIpc) is 3.03. The lowest BCUT2D eigenvalue weighted by Gasteiger charge is -2.25. The van der Waals surface area contributed by atoms with Gasteiger partial charge in [0.05, 0.1) is 18.2 Å². The molecule has 0 bridgehead atoms. The highest BCUT2D eigenvalue weighted by Gasteiger charge is 2.45. The van der Waals surface area contributed by atoms with Crippen molar-refractivity contribution in [2.24, 2.45) is 0 Å². The van der Waals surface area contributed by atoms with E-state index < -0.39 is 17.7 Å². The molecular weight excluding hydrogens is 380 g/mol. The van der Waals surface area contributed by atoms with Gasteiger partial charge in [-0.2, -0.15) is 0 Å². The number of aliphatic hydroxyl groups excluding tert-OH is 1. The minimum absolute atomic E-state index is 0.103. The third kappa shape index (κ3) is 4.53. The average molecular weight is 408 g/mol. The zero-order valence-electron chi connectivity index (χ0n) is 17.5. The van der Waals surface area contributed by atoms with Crippen LogP contribution in [0.15, 0.2) is 54.4 Å². The van der Waals surface area contributed by atoms with Gasteiger partial charge in [-0.05, 0) is 48.7 Å². The van der Waals surface area contributed by atoms with Crippen LogP contribution in [0.2, 0.25) is 0 Å². The Labute approximate surface area is 177 Å². The fourth-order valence-corrected chi connectivity index (χ4v) is 3.61. The number of nitrogens with zero attached hydrogens (tertiary/aromatic N) is 2. The van der Waals surface area contributed by atoms with E-state index in [-0.39, 0.29) is 11.3 Å². The monoisotopic (exact) mass is 408 g/mol. The quantitative estimate of drug-likeness (QED) is 0.286. The molecule has 0 aliphatic carbocycles. The van der Waals surface area contributed by atoms with E-state index in [1.165, 1.54) is 0 Å². The molecule has 1 aromatic heterocycles. The summed E-state index contributed by atoms with van der Waals surface area (Å²) >= 11 is 0. The minimum Gasteiger partial charge on any atom is -0.507 e. The van der Waals surface area contributed by atoms with Gasteiger partial charge in [-0.1, -0.05) is 32.8 Å². The van der Waals surface area contributed by atoms with E-state index >= 15 is 0 Å². The molecule has 1 N–H and O–H groups in total. The third-order valence-electron chi connectivity index (χ3n) is 5.14. The Hall–Kier alpha value is -3.15. The number of Topliss-reactive ketones (excluding diaryl/α,β-unsaturated/α-hetero) is 1. The lowest BCUT2D eigenvalue weighted by atomic mass is 9.96. The number of benzene rings is 1. The molecule has 6 heteroatoms. The number of carbonyl (C=O) groups excluding carboxylic acids is 2. The molecule has 2 heterocycles. The highest BCUT2D eigenvalue weighted by Crippen LogP contribution is 2.39. The summed E-state index contributed by atoms with van der Waals surface area (Å²) in [7, 11) is 0. The molecule has 0 saturated carbocycles. The predicted octanol–water partition coefficient (Wildman–Crippen LogP) is 4.48.